The summed E-state index contributed by atoms with van der Waals surface area (Å²) in [6.45, 7) is 8.07. The monoisotopic (exact) mass is 484 g/mol. The predicted octanol–water partition coefficient (Wildman–Crippen LogP) is 4.79. The highest BCUT2D eigenvalue weighted by molar-refractivity contribution is 5.84. The first kappa shape index (κ1) is 23.1. The zero-order chi connectivity index (χ0) is 24.9. The molecule has 7 heteroatoms. The Bertz CT molecular complexity index is 1480. The van der Waals surface area contributed by atoms with Gasteiger partial charge in [0.05, 0.1) is 17.6 Å². The van der Waals surface area contributed by atoms with E-state index in [1.807, 2.05) is 48.9 Å². The Kier molecular flexibility index (Phi) is 5.77. The van der Waals surface area contributed by atoms with Crippen LogP contribution in [0.2, 0.25) is 0 Å². The average molecular weight is 485 g/mol. The minimum absolute atomic E-state index is 0.00685. The molecular formula is C29H32N4O3. The summed E-state index contributed by atoms with van der Waals surface area (Å²) in [6.07, 6.45) is 6.62. The van der Waals surface area contributed by atoms with E-state index in [9.17, 15) is 4.79 Å². The summed E-state index contributed by atoms with van der Waals surface area (Å²) in [7, 11) is 1.92. The molecule has 2 aromatic carbocycles. The molecule has 0 spiro atoms. The number of likely N-dealkylation sites (tertiary alicyclic amines) is 1. The molecule has 0 N–H and O–H groups in total. The van der Waals surface area contributed by atoms with E-state index in [0.717, 1.165) is 54.1 Å². The van der Waals surface area contributed by atoms with Crippen molar-refractivity contribution in [3.8, 4) is 11.1 Å². The number of aryl methyl sites for hydroxylation is 2. The van der Waals surface area contributed by atoms with Crippen molar-refractivity contribution >= 4 is 11.0 Å². The fourth-order valence-corrected chi connectivity index (χ4v) is 5.90. The maximum Gasteiger partial charge on any atom is 0.200 e. The first-order valence-electron chi connectivity index (χ1n) is 12.8. The molecular weight excluding hydrogens is 452 g/mol. The highest BCUT2D eigenvalue weighted by atomic mass is 16.5. The molecule has 0 amide bonds. The van der Waals surface area contributed by atoms with Gasteiger partial charge in [0, 0.05) is 26.6 Å². The van der Waals surface area contributed by atoms with Crippen molar-refractivity contribution < 1.29 is 9.15 Å². The first-order chi connectivity index (χ1) is 17.4. The second-order valence-electron chi connectivity index (χ2n) is 10.5. The van der Waals surface area contributed by atoms with Crippen LogP contribution in [0.5, 0.6) is 0 Å². The quantitative estimate of drug-likeness (QED) is 0.405. The Morgan fingerprint density at radius 1 is 1.22 bits per heavy atom. The van der Waals surface area contributed by atoms with Crippen molar-refractivity contribution in [3.05, 3.63) is 81.7 Å². The molecule has 2 aromatic heterocycles. The number of rotatable bonds is 5. The van der Waals surface area contributed by atoms with Crippen LogP contribution in [0.4, 0.5) is 0 Å². The van der Waals surface area contributed by atoms with Crippen molar-refractivity contribution in [1.29, 1.82) is 0 Å². The topological polar surface area (TPSA) is 73.4 Å². The van der Waals surface area contributed by atoms with Gasteiger partial charge in [-0.15, -0.1) is 10.2 Å². The van der Waals surface area contributed by atoms with Gasteiger partial charge in [-0.1, -0.05) is 31.2 Å². The van der Waals surface area contributed by atoms with Crippen LogP contribution in [-0.2, 0) is 23.9 Å². The van der Waals surface area contributed by atoms with Crippen LogP contribution in [0, 0.1) is 12.8 Å². The fraction of sp³-hybridized carbons (Fsp3) is 0.414. The number of hydrogen-bond acceptors (Lipinski definition) is 6. The molecule has 4 aromatic rings. The molecule has 0 bridgehead atoms. The van der Waals surface area contributed by atoms with Crippen LogP contribution in [0.25, 0.3) is 22.1 Å². The third kappa shape index (κ3) is 3.87. The van der Waals surface area contributed by atoms with E-state index in [1.165, 1.54) is 12.8 Å². The van der Waals surface area contributed by atoms with Crippen molar-refractivity contribution in [1.82, 2.24) is 19.7 Å². The average Bonchev–Trinajstić information content (AvgIpc) is 3.25. The van der Waals surface area contributed by atoms with Gasteiger partial charge >= 0.3 is 0 Å². The predicted molar refractivity (Wildman–Crippen MR) is 139 cm³/mol. The SMILES string of the molecule is Cc1cc(CN2CCC[C@H](C)C2)cc2c(=O)c(-c3cccc(C4(c5nncn5C)CCO4)c3)coc12. The van der Waals surface area contributed by atoms with Crippen LogP contribution in [0.15, 0.2) is 58.2 Å². The first-order valence-corrected chi connectivity index (χ1v) is 12.8. The van der Waals surface area contributed by atoms with Gasteiger partial charge in [-0.25, -0.2) is 0 Å². The molecule has 0 aliphatic carbocycles. The van der Waals surface area contributed by atoms with Gasteiger partial charge in [0.25, 0.3) is 0 Å². The second kappa shape index (κ2) is 8.98. The molecule has 36 heavy (non-hydrogen) atoms. The number of hydrogen-bond donors (Lipinski definition) is 0. The number of aromatic nitrogens is 3. The molecule has 2 aliphatic heterocycles. The molecule has 6 rings (SSSR count). The Morgan fingerprint density at radius 3 is 2.81 bits per heavy atom. The molecule has 186 valence electrons. The molecule has 4 heterocycles. The van der Waals surface area contributed by atoms with E-state index in [2.05, 4.69) is 28.1 Å². The number of nitrogens with zero attached hydrogens (tertiary/aromatic N) is 4. The summed E-state index contributed by atoms with van der Waals surface area (Å²) in [6, 6.07) is 12.2. The molecule has 1 unspecified atom stereocenters. The maximum absolute atomic E-state index is 13.8. The van der Waals surface area contributed by atoms with E-state index in [-0.39, 0.29) is 5.43 Å². The Hall–Kier alpha value is -3.29. The third-order valence-electron chi connectivity index (χ3n) is 7.78. The summed E-state index contributed by atoms with van der Waals surface area (Å²) < 4.78 is 14.1. The van der Waals surface area contributed by atoms with Gasteiger partial charge in [-0.2, -0.15) is 0 Å². The van der Waals surface area contributed by atoms with Gasteiger partial charge in [-0.3, -0.25) is 9.69 Å². The normalized spacial score (nSPS) is 22.6. The Morgan fingerprint density at radius 2 is 2.08 bits per heavy atom. The van der Waals surface area contributed by atoms with Crippen LogP contribution in [-0.4, -0.2) is 39.4 Å². The Balaban J connectivity index is 1.39. The molecule has 2 aliphatic rings. The fourth-order valence-electron chi connectivity index (χ4n) is 5.90. The lowest BCUT2D eigenvalue weighted by molar-refractivity contribution is -0.130. The van der Waals surface area contributed by atoms with E-state index in [1.54, 1.807) is 12.6 Å². The molecule has 2 saturated heterocycles. The lowest BCUT2D eigenvalue weighted by atomic mass is 9.84. The van der Waals surface area contributed by atoms with Gasteiger partial charge < -0.3 is 13.7 Å². The van der Waals surface area contributed by atoms with Gasteiger partial charge in [-0.05, 0) is 66.6 Å². The van der Waals surface area contributed by atoms with Crippen LogP contribution >= 0.6 is 0 Å². The smallest absolute Gasteiger partial charge is 0.200 e. The third-order valence-corrected chi connectivity index (χ3v) is 7.78. The van der Waals surface area contributed by atoms with Crippen LogP contribution in [0.3, 0.4) is 0 Å². The molecule has 0 radical (unpaired) electrons. The number of ether oxygens (including phenoxy) is 1. The summed E-state index contributed by atoms with van der Waals surface area (Å²) in [5, 5.41) is 9.01. The molecule has 2 atom stereocenters. The minimum atomic E-state index is -0.645. The highest BCUT2D eigenvalue weighted by Gasteiger charge is 2.46. The van der Waals surface area contributed by atoms with Crippen LogP contribution in [0.1, 0.15) is 48.7 Å². The Labute approximate surface area is 210 Å². The lowest BCUT2D eigenvalue weighted by Crippen LogP contribution is -2.44. The minimum Gasteiger partial charge on any atom is -0.463 e. The second-order valence-corrected chi connectivity index (χ2v) is 10.5. The summed E-state index contributed by atoms with van der Waals surface area (Å²) >= 11 is 0. The van der Waals surface area contributed by atoms with E-state index < -0.39 is 5.60 Å². The zero-order valence-corrected chi connectivity index (χ0v) is 21.2. The lowest BCUT2D eigenvalue weighted by Gasteiger charge is -2.41. The molecule has 2 fully saturated rings. The summed E-state index contributed by atoms with van der Waals surface area (Å²) in [5.74, 6) is 1.48. The highest BCUT2D eigenvalue weighted by Crippen LogP contribution is 2.43. The van der Waals surface area contributed by atoms with Gasteiger partial charge in [0.1, 0.15) is 18.2 Å². The van der Waals surface area contributed by atoms with Crippen molar-refractivity contribution in [3.63, 3.8) is 0 Å². The van der Waals surface area contributed by atoms with Crippen molar-refractivity contribution in [2.24, 2.45) is 13.0 Å². The molecule has 0 saturated carbocycles. The number of piperidine rings is 1. The van der Waals surface area contributed by atoms with Crippen molar-refractivity contribution in [2.45, 2.75) is 45.3 Å². The van der Waals surface area contributed by atoms with E-state index in [0.29, 0.717) is 29.1 Å². The number of benzene rings is 2. The molecule has 7 nitrogen and oxygen atoms in total. The van der Waals surface area contributed by atoms with E-state index >= 15 is 0 Å². The van der Waals surface area contributed by atoms with E-state index in [4.69, 9.17) is 9.15 Å². The summed E-state index contributed by atoms with van der Waals surface area (Å²) in [4.78, 5) is 16.3. The number of fused-ring (bicyclic) bond motifs is 1. The largest absolute Gasteiger partial charge is 0.463 e. The zero-order valence-electron chi connectivity index (χ0n) is 21.2. The van der Waals surface area contributed by atoms with Gasteiger partial charge in [0.2, 0.25) is 5.43 Å². The van der Waals surface area contributed by atoms with Crippen LogP contribution < -0.4 is 5.43 Å². The van der Waals surface area contributed by atoms with Crippen molar-refractivity contribution in [2.75, 3.05) is 19.7 Å². The maximum atomic E-state index is 13.8. The standard InChI is InChI=1S/C29H32N4O3/c1-19-6-5-10-33(15-19)16-21-12-20(2)27-24(13-21)26(34)25(17-35-27)22-7-4-8-23(14-22)29(9-11-36-29)28-31-30-18-32(28)3/h4,7-8,12-14,17-19H,5-6,9-11,15-16H2,1-3H3/t19-,29?/m0/s1. The summed E-state index contributed by atoms with van der Waals surface area (Å²) in [5.41, 5.74) is 4.50. The van der Waals surface area contributed by atoms with Gasteiger partial charge in [0.15, 0.2) is 11.4 Å².